The summed E-state index contributed by atoms with van der Waals surface area (Å²) in [4.78, 5) is 0. The van der Waals surface area contributed by atoms with Gasteiger partial charge in [0.25, 0.3) is 0 Å². The van der Waals surface area contributed by atoms with Crippen LogP contribution in [0.5, 0.6) is 5.75 Å². The van der Waals surface area contributed by atoms with Crippen LogP contribution >= 0.6 is 0 Å². The van der Waals surface area contributed by atoms with E-state index in [4.69, 9.17) is 4.74 Å². The van der Waals surface area contributed by atoms with Gasteiger partial charge < -0.3 is 10.1 Å². The first-order chi connectivity index (χ1) is 10.0. The molecule has 21 heavy (non-hydrogen) atoms. The van der Waals surface area contributed by atoms with Crippen LogP contribution in [0.1, 0.15) is 70.4 Å². The van der Waals surface area contributed by atoms with Crippen LogP contribution in [-0.4, -0.2) is 19.2 Å². The van der Waals surface area contributed by atoms with Crippen LogP contribution in [-0.2, 0) is 0 Å². The number of aryl methyl sites for hydroxylation is 1. The maximum atomic E-state index is 5.96. The lowest BCUT2D eigenvalue weighted by atomic mass is 10.0. The monoisotopic (exact) mass is 291 g/mol. The number of rotatable bonds is 10. The summed E-state index contributed by atoms with van der Waals surface area (Å²) in [7, 11) is 0. The molecule has 0 aromatic heterocycles. The second kappa shape index (κ2) is 9.83. The zero-order valence-electron chi connectivity index (χ0n) is 14.5. The minimum atomic E-state index is 0.557. The molecule has 2 nitrogen and oxygen atoms in total. The molecule has 0 fully saturated rings. The largest absolute Gasteiger partial charge is 0.493 e. The molecule has 0 unspecified atom stereocenters. The Balaban J connectivity index is 2.19. The number of nitrogens with one attached hydrogen (secondary N) is 1. The molecule has 0 aliphatic heterocycles. The molecule has 0 heterocycles. The van der Waals surface area contributed by atoms with Crippen LogP contribution < -0.4 is 10.1 Å². The van der Waals surface area contributed by atoms with Gasteiger partial charge in [-0.15, -0.1) is 0 Å². The predicted octanol–water partition coefficient (Wildman–Crippen LogP) is 5.06. The Morgan fingerprint density at radius 1 is 1.00 bits per heavy atom. The van der Waals surface area contributed by atoms with Gasteiger partial charge >= 0.3 is 0 Å². The first-order valence-corrected chi connectivity index (χ1v) is 8.47. The summed E-state index contributed by atoms with van der Waals surface area (Å²) in [6.07, 6.45) is 4.95. The van der Waals surface area contributed by atoms with Gasteiger partial charge in [-0.05, 0) is 49.4 Å². The maximum absolute atomic E-state index is 5.96. The van der Waals surface area contributed by atoms with Crippen LogP contribution in [0.2, 0.25) is 0 Å². The first-order valence-electron chi connectivity index (χ1n) is 8.47. The zero-order chi connectivity index (χ0) is 15.7. The standard InChI is InChI=1S/C19H33NO/c1-15(2)18-11-10-17(5)19(14-18)21-13-9-7-6-8-12-20-16(3)4/h10-11,14-16,20H,6-9,12-13H2,1-5H3. The van der Waals surface area contributed by atoms with E-state index in [2.05, 4.69) is 58.1 Å². The molecule has 0 aliphatic rings. The molecule has 0 bridgehead atoms. The van der Waals surface area contributed by atoms with Gasteiger partial charge in [0.15, 0.2) is 0 Å². The van der Waals surface area contributed by atoms with E-state index in [1.165, 1.54) is 30.4 Å². The van der Waals surface area contributed by atoms with Gasteiger partial charge in [-0.2, -0.15) is 0 Å². The van der Waals surface area contributed by atoms with Gasteiger partial charge in [0.1, 0.15) is 5.75 Å². The first kappa shape index (κ1) is 18.0. The van der Waals surface area contributed by atoms with Gasteiger partial charge in [0, 0.05) is 6.04 Å². The topological polar surface area (TPSA) is 21.3 Å². The Labute approximate surface area is 131 Å². The van der Waals surface area contributed by atoms with Crippen molar-refractivity contribution in [2.75, 3.05) is 13.2 Å². The third-order valence-electron chi connectivity index (χ3n) is 3.76. The van der Waals surface area contributed by atoms with Crippen molar-refractivity contribution in [3.05, 3.63) is 29.3 Å². The molecule has 1 aromatic carbocycles. The highest BCUT2D eigenvalue weighted by molar-refractivity contribution is 5.37. The van der Waals surface area contributed by atoms with Gasteiger partial charge in [0.2, 0.25) is 0 Å². The Morgan fingerprint density at radius 2 is 1.71 bits per heavy atom. The molecule has 1 aromatic rings. The molecule has 0 radical (unpaired) electrons. The van der Waals surface area contributed by atoms with Gasteiger partial charge in [-0.1, -0.05) is 52.7 Å². The Bertz CT molecular complexity index is 399. The minimum Gasteiger partial charge on any atom is -0.493 e. The molecule has 1 N–H and O–H groups in total. The van der Waals surface area contributed by atoms with Crippen molar-refractivity contribution in [1.29, 1.82) is 0 Å². The molecule has 0 spiro atoms. The highest BCUT2D eigenvalue weighted by Crippen LogP contribution is 2.24. The Hall–Kier alpha value is -1.02. The minimum absolute atomic E-state index is 0.557. The zero-order valence-corrected chi connectivity index (χ0v) is 14.5. The van der Waals surface area contributed by atoms with E-state index in [9.17, 15) is 0 Å². The molecular weight excluding hydrogens is 258 g/mol. The molecule has 0 aliphatic carbocycles. The fourth-order valence-electron chi connectivity index (χ4n) is 2.28. The van der Waals surface area contributed by atoms with Crippen LogP contribution in [0.15, 0.2) is 18.2 Å². The normalized spacial score (nSPS) is 11.4. The number of unbranched alkanes of at least 4 members (excludes halogenated alkanes) is 3. The lowest BCUT2D eigenvalue weighted by molar-refractivity contribution is 0.302. The highest BCUT2D eigenvalue weighted by Gasteiger charge is 2.04. The van der Waals surface area contributed by atoms with E-state index in [0.29, 0.717) is 12.0 Å². The van der Waals surface area contributed by atoms with Crippen LogP contribution in [0.3, 0.4) is 0 Å². The van der Waals surface area contributed by atoms with E-state index in [1.54, 1.807) is 0 Å². The Kier molecular flexibility index (Phi) is 8.44. The van der Waals surface area contributed by atoms with Gasteiger partial charge in [0.05, 0.1) is 6.61 Å². The predicted molar refractivity (Wildman–Crippen MR) is 92.4 cm³/mol. The molecular formula is C19H33NO. The van der Waals surface area contributed by atoms with Crippen molar-refractivity contribution in [2.24, 2.45) is 0 Å². The van der Waals surface area contributed by atoms with E-state index < -0.39 is 0 Å². The van der Waals surface area contributed by atoms with Crippen LogP contribution in [0, 0.1) is 6.92 Å². The maximum Gasteiger partial charge on any atom is 0.122 e. The number of hydrogen-bond acceptors (Lipinski definition) is 2. The summed E-state index contributed by atoms with van der Waals surface area (Å²) >= 11 is 0. The van der Waals surface area contributed by atoms with Crippen molar-refractivity contribution < 1.29 is 4.74 Å². The summed E-state index contributed by atoms with van der Waals surface area (Å²) in [5.74, 6) is 1.61. The molecule has 1 rings (SSSR count). The smallest absolute Gasteiger partial charge is 0.122 e. The summed E-state index contributed by atoms with van der Waals surface area (Å²) < 4.78 is 5.96. The lowest BCUT2D eigenvalue weighted by Crippen LogP contribution is -2.23. The van der Waals surface area contributed by atoms with E-state index in [1.807, 2.05) is 0 Å². The van der Waals surface area contributed by atoms with Crippen LogP contribution in [0.25, 0.3) is 0 Å². The number of hydrogen-bond donors (Lipinski definition) is 1. The van der Waals surface area contributed by atoms with Crippen molar-refractivity contribution in [3.63, 3.8) is 0 Å². The molecule has 120 valence electrons. The van der Waals surface area contributed by atoms with Crippen LogP contribution in [0.4, 0.5) is 0 Å². The molecule has 2 heteroatoms. The lowest BCUT2D eigenvalue weighted by Gasteiger charge is -2.13. The van der Waals surface area contributed by atoms with Crippen molar-refractivity contribution in [2.45, 2.75) is 72.3 Å². The summed E-state index contributed by atoms with van der Waals surface area (Å²) in [6, 6.07) is 7.17. The van der Waals surface area contributed by atoms with Crippen molar-refractivity contribution >= 4 is 0 Å². The second-order valence-corrected chi connectivity index (χ2v) is 6.55. The highest BCUT2D eigenvalue weighted by atomic mass is 16.5. The average Bonchev–Trinajstić information content (AvgIpc) is 2.43. The molecule has 0 saturated carbocycles. The van der Waals surface area contributed by atoms with E-state index >= 15 is 0 Å². The average molecular weight is 291 g/mol. The Morgan fingerprint density at radius 3 is 2.38 bits per heavy atom. The summed E-state index contributed by atoms with van der Waals surface area (Å²) in [6.45, 7) is 12.9. The molecule has 0 amide bonds. The fourth-order valence-corrected chi connectivity index (χ4v) is 2.28. The summed E-state index contributed by atoms with van der Waals surface area (Å²) in [5.41, 5.74) is 2.59. The van der Waals surface area contributed by atoms with E-state index in [-0.39, 0.29) is 0 Å². The SMILES string of the molecule is Cc1ccc(C(C)C)cc1OCCCCCCNC(C)C. The third kappa shape index (κ3) is 7.52. The van der Waals surface area contributed by atoms with Gasteiger partial charge in [-0.3, -0.25) is 0 Å². The number of ether oxygens (including phenoxy) is 1. The fraction of sp³-hybridized carbons (Fsp3) is 0.684. The quantitative estimate of drug-likeness (QED) is 0.609. The summed E-state index contributed by atoms with van der Waals surface area (Å²) in [5, 5.41) is 3.46. The van der Waals surface area contributed by atoms with Crippen molar-refractivity contribution in [1.82, 2.24) is 5.32 Å². The molecule has 0 atom stereocenters. The van der Waals surface area contributed by atoms with E-state index in [0.717, 1.165) is 25.3 Å². The molecule has 0 saturated heterocycles. The second-order valence-electron chi connectivity index (χ2n) is 6.55. The van der Waals surface area contributed by atoms with Gasteiger partial charge in [-0.25, -0.2) is 0 Å². The number of benzene rings is 1. The van der Waals surface area contributed by atoms with Crippen molar-refractivity contribution in [3.8, 4) is 5.75 Å². The third-order valence-corrected chi connectivity index (χ3v) is 3.76.